The molecule has 4 heteroatoms. The maximum atomic E-state index is 11.6. The molecule has 21 heavy (non-hydrogen) atoms. The molecule has 0 fully saturated rings. The molecule has 0 heterocycles. The predicted molar refractivity (Wildman–Crippen MR) is 80.4 cm³/mol. The second kappa shape index (κ2) is 9.23. The third kappa shape index (κ3) is 6.99. The standard InChI is InChI=1S/C17H24O4/c1-4-14(3)21-17(19)11-7-10-16(18)20-12-15-9-6-5-8-13(15)2/h1,14H,5-12H2,2-3H3. The van der Waals surface area contributed by atoms with Crippen molar-refractivity contribution in [1.82, 2.24) is 0 Å². The highest BCUT2D eigenvalue weighted by molar-refractivity contribution is 5.72. The van der Waals surface area contributed by atoms with Crippen molar-refractivity contribution in [2.24, 2.45) is 0 Å². The normalized spacial score (nSPS) is 16.0. The van der Waals surface area contributed by atoms with E-state index in [-0.39, 0.29) is 24.8 Å². The molecule has 0 aromatic carbocycles. The first-order valence-corrected chi connectivity index (χ1v) is 7.51. The number of hydrogen-bond acceptors (Lipinski definition) is 4. The molecule has 0 aromatic heterocycles. The van der Waals surface area contributed by atoms with Crippen molar-refractivity contribution in [2.75, 3.05) is 6.61 Å². The average molecular weight is 292 g/mol. The fourth-order valence-electron chi connectivity index (χ4n) is 2.22. The first-order chi connectivity index (χ1) is 10.0. The van der Waals surface area contributed by atoms with Crippen LogP contribution in [0, 0.1) is 12.3 Å². The van der Waals surface area contributed by atoms with E-state index in [0.29, 0.717) is 13.0 Å². The Morgan fingerprint density at radius 3 is 2.57 bits per heavy atom. The van der Waals surface area contributed by atoms with Crippen LogP contribution in [0.5, 0.6) is 0 Å². The van der Waals surface area contributed by atoms with Gasteiger partial charge in [-0.3, -0.25) is 9.59 Å². The van der Waals surface area contributed by atoms with Crippen LogP contribution in [0.4, 0.5) is 0 Å². The lowest BCUT2D eigenvalue weighted by Gasteiger charge is -2.17. The Kier molecular flexibility index (Phi) is 7.60. The molecule has 0 spiro atoms. The van der Waals surface area contributed by atoms with Gasteiger partial charge < -0.3 is 9.47 Å². The van der Waals surface area contributed by atoms with Gasteiger partial charge in [-0.15, -0.1) is 6.42 Å². The first kappa shape index (κ1) is 17.3. The van der Waals surface area contributed by atoms with Gasteiger partial charge in [-0.25, -0.2) is 0 Å². The summed E-state index contributed by atoms with van der Waals surface area (Å²) in [6.07, 6.45) is 9.95. The maximum Gasteiger partial charge on any atom is 0.307 e. The molecule has 0 saturated carbocycles. The van der Waals surface area contributed by atoms with Gasteiger partial charge in [-0.05, 0) is 51.5 Å². The summed E-state index contributed by atoms with van der Waals surface area (Å²) >= 11 is 0. The van der Waals surface area contributed by atoms with Gasteiger partial charge in [0, 0.05) is 12.8 Å². The number of ether oxygens (including phenoxy) is 2. The van der Waals surface area contributed by atoms with E-state index in [1.165, 1.54) is 24.0 Å². The first-order valence-electron chi connectivity index (χ1n) is 7.51. The number of terminal acetylenes is 1. The Morgan fingerprint density at radius 1 is 1.24 bits per heavy atom. The van der Waals surface area contributed by atoms with Gasteiger partial charge in [-0.1, -0.05) is 11.5 Å². The number of hydrogen-bond donors (Lipinski definition) is 0. The molecule has 1 atom stereocenters. The molecule has 0 aromatic rings. The van der Waals surface area contributed by atoms with Crippen molar-refractivity contribution in [3.05, 3.63) is 11.1 Å². The second-order valence-electron chi connectivity index (χ2n) is 5.40. The van der Waals surface area contributed by atoms with Crippen molar-refractivity contribution in [2.45, 2.75) is 64.9 Å². The Morgan fingerprint density at radius 2 is 1.90 bits per heavy atom. The van der Waals surface area contributed by atoms with Crippen molar-refractivity contribution in [3.8, 4) is 12.3 Å². The van der Waals surface area contributed by atoms with E-state index in [0.717, 1.165) is 12.8 Å². The largest absolute Gasteiger partial charge is 0.461 e. The summed E-state index contributed by atoms with van der Waals surface area (Å²) in [4.78, 5) is 23.0. The molecule has 1 unspecified atom stereocenters. The van der Waals surface area contributed by atoms with Crippen LogP contribution < -0.4 is 0 Å². The Labute approximate surface area is 126 Å². The lowest BCUT2D eigenvalue weighted by atomic mass is 9.93. The molecule has 4 nitrogen and oxygen atoms in total. The highest BCUT2D eigenvalue weighted by Crippen LogP contribution is 2.24. The molecular formula is C17H24O4. The number of rotatable bonds is 7. The summed E-state index contributed by atoms with van der Waals surface area (Å²) in [5.74, 6) is 1.68. The zero-order valence-corrected chi connectivity index (χ0v) is 12.9. The SMILES string of the molecule is C#CC(C)OC(=O)CCCC(=O)OCC1=C(C)CCCC1. The molecule has 0 radical (unpaired) electrons. The molecular weight excluding hydrogens is 268 g/mol. The van der Waals surface area contributed by atoms with Crippen LogP contribution in [0.2, 0.25) is 0 Å². The Hall–Kier alpha value is -1.76. The molecule has 1 aliphatic rings. The average Bonchev–Trinajstić information content (AvgIpc) is 2.46. The third-order valence-corrected chi connectivity index (χ3v) is 3.60. The smallest absolute Gasteiger partial charge is 0.307 e. The minimum absolute atomic E-state index is 0.183. The number of carbonyl (C=O) groups excluding carboxylic acids is 2. The van der Waals surface area contributed by atoms with E-state index in [1.807, 2.05) is 0 Å². The summed E-state index contributed by atoms with van der Waals surface area (Å²) in [6.45, 7) is 4.13. The zero-order chi connectivity index (χ0) is 15.7. The van der Waals surface area contributed by atoms with Gasteiger partial charge in [-0.2, -0.15) is 0 Å². The molecule has 0 amide bonds. The van der Waals surface area contributed by atoms with Crippen LogP contribution in [-0.2, 0) is 19.1 Å². The van der Waals surface area contributed by atoms with Crippen LogP contribution in [0.25, 0.3) is 0 Å². The molecule has 116 valence electrons. The fourth-order valence-corrected chi connectivity index (χ4v) is 2.22. The van der Waals surface area contributed by atoms with Crippen LogP contribution in [0.1, 0.15) is 58.8 Å². The van der Waals surface area contributed by atoms with Gasteiger partial charge in [0.05, 0.1) is 0 Å². The van der Waals surface area contributed by atoms with Gasteiger partial charge in [0.1, 0.15) is 6.61 Å². The molecule has 1 aliphatic carbocycles. The Balaban J connectivity index is 2.17. The number of allylic oxidation sites excluding steroid dienone is 1. The minimum Gasteiger partial charge on any atom is -0.461 e. The summed E-state index contributed by atoms with van der Waals surface area (Å²) in [5.41, 5.74) is 2.60. The van der Waals surface area contributed by atoms with Gasteiger partial charge >= 0.3 is 11.9 Å². The summed E-state index contributed by atoms with van der Waals surface area (Å²) < 4.78 is 10.2. The van der Waals surface area contributed by atoms with E-state index in [2.05, 4.69) is 12.8 Å². The van der Waals surface area contributed by atoms with Gasteiger partial charge in [0.2, 0.25) is 0 Å². The lowest BCUT2D eigenvalue weighted by Crippen LogP contribution is -2.14. The van der Waals surface area contributed by atoms with Crippen molar-refractivity contribution < 1.29 is 19.1 Å². The number of esters is 2. The van der Waals surface area contributed by atoms with Crippen LogP contribution in [0.15, 0.2) is 11.1 Å². The number of carbonyl (C=O) groups is 2. The fraction of sp³-hybridized carbons (Fsp3) is 0.647. The summed E-state index contributed by atoms with van der Waals surface area (Å²) in [6, 6.07) is 0. The maximum absolute atomic E-state index is 11.6. The van der Waals surface area contributed by atoms with Crippen molar-refractivity contribution in [1.29, 1.82) is 0 Å². The molecule has 1 rings (SSSR count). The molecule has 0 saturated heterocycles. The van der Waals surface area contributed by atoms with Gasteiger partial charge in [0.15, 0.2) is 6.10 Å². The lowest BCUT2D eigenvalue weighted by molar-refractivity contribution is -0.146. The van der Waals surface area contributed by atoms with E-state index in [4.69, 9.17) is 15.9 Å². The molecule has 0 aliphatic heterocycles. The van der Waals surface area contributed by atoms with Crippen LogP contribution in [-0.4, -0.2) is 24.6 Å². The summed E-state index contributed by atoms with van der Waals surface area (Å²) in [7, 11) is 0. The van der Waals surface area contributed by atoms with Crippen molar-refractivity contribution in [3.63, 3.8) is 0 Å². The van der Waals surface area contributed by atoms with Crippen LogP contribution >= 0.6 is 0 Å². The highest BCUT2D eigenvalue weighted by atomic mass is 16.5. The van der Waals surface area contributed by atoms with Crippen LogP contribution in [0.3, 0.4) is 0 Å². The van der Waals surface area contributed by atoms with Gasteiger partial charge in [0.25, 0.3) is 0 Å². The third-order valence-electron chi connectivity index (χ3n) is 3.60. The topological polar surface area (TPSA) is 52.6 Å². The molecule has 0 bridgehead atoms. The highest BCUT2D eigenvalue weighted by Gasteiger charge is 2.13. The second-order valence-corrected chi connectivity index (χ2v) is 5.40. The monoisotopic (exact) mass is 292 g/mol. The van der Waals surface area contributed by atoms with E-state index in [9.17, 15) is 9.59 Å². The quantitative estimate of drug-likeness (QED) is 0.411. The zero-order valence-electron chi connectivity index (χ0n) is 12.9. The van der Waals surface area contributed by atoms with E-state index in [1.54, 1.807) is 6.92 Å². The summed E-state index contributed by atoms with van der Waals surface area (Å²) in [5, 5.41) is 0. The van der Waals surface area contributed by atoms with E-state index < -0.39 is 6.10 Å². The predicted octanol–water partition coefficient (Wildman–Crippen LogP) is 3.16. The minimum atomic E-state index is -0.523. The Bertz CT molecular complexity index is 442. The molecule has 0 N–H and O–H groups in total. The van der Waals surface area contributed by atoms with E-state index >= 15 is 0 Å². The van der Waals surface area contributed by atoms with Crippen molar-refractivity contribution >= 4 is 11.9 Å².